The first-order chi connectivity index (χ1) is 10.1. The van der Waals surface area contributed by atoms with Gasteiger partial charge in [-0.3, -0.25) is 15.0 Å². The van der Waals surface area contributed by atoms with Gasteiger partial charge in [0.15, 0.2) is 0 Å². The van der Waals surface area contributed by atoms with Crippen molar-refractivity contribution in [3.05, 3.63) is 38.3 Å². The van der Waals surface area contributed by atoms with E-state index < -0.39 is 0 Å². The van der Waals surface area contributed by atoms with Crippen LogP contribution in [-0.2, 0) is 6.54 Å². The topological polar surface area (TPSA) is 58.4 Å². The number of fused-ring (bicyclic) bond motifs is 1. The molecule has 3 atom stereocenters. The zero-order valence-electron chi connectivity index (χ0n) is 12.1. The standard InChI is InChI=1S/C15H20BrN3O2/c1-2-15-13-7-17-6-11(13)9-18(15)8-10-3-4-12(19(20)21)5-14(10)16/h3-5,11,13,15,17H,2,6-9H2,1H3. The lowest BCUT2D eigenvalue weighted by Gasteiger charge is -2.27. The van der Waals surface area contributed by atoms with Gasteiger partial charge in [0, 0.05) is 35.7 Å². The van der Waals surface area contributed by atoms with Crippen molar-refractivity contribution in [3.8, 4) is 0 Å². The minimum atomic E-state index is -0.352. The van der Waals surface area contributed by atoms with Gasteiger partial charge in [-0.1, -0.05) is 22.9 Å². The summed E-state index contributed by atoms with van der Waals surface area (Å²) >= 11 is 3.48. The lowest BCUT2D eigenvalue weighted by Crippen LogP contribution is -2.34. The predicted octanol–water partition coefficient (Wildman–Crippen LogP) is 2.79. The van der Waals surface area contributed by atoms with Crippen LogP contribution in [0.5, 0.6) is 0 Å². The Balaban J connectivity index is 1.76. The van der Waals surface area contributed by atoms with Crippen LogP contribution in [0.4, 0.5) is 5.69 Å². The number of halogens is 1. The normalized spacial score (nSPS) is 28.8. The van der Waals surface area contributed by atoms with E-state index in [0.29, 0.717) is 6.04 Å². The van der Waals surface area contributed by atoms with Crippen LogP contribution in [-0.4, -0.2) is 35.5 Å². The van der Waals surface area contributed by atoms with Crippen LogP contribution in [0, 0.1) is 22.0 Å². The molecule has 1 aromatic carbocycles. The summed E-state index contributed by atoms with van der Waals surface area (Å²) in [5.74, 6) is 1.51. The van der Waals surface area contributed by atoms with Gasteiger partial charge in [0.1, 0.15) is 0 Å². The summed E-state index contributed by atoms with van der Waals surface area (Å²) < 4.78 is 0.835. The molecule has 0 amide bonds. The number of nitro groups is 1. The number of nitrogens with one attached hydrogen (secondary N) is 1. The minimum Gasteiger partial charge on any atom is -0.316 e. The molecular formula is C15H20BrN3O2. The molecule has 0 aliphatic carbocycles. The average Bonchev–Trinajstić information content (AvgIpc) is 3.00. The van der Waals surface area contributed by atoms with E-state index in [4.69, 9.17) is 0 Å². The molecule has 5 nitrogen and oxygen atoms in total. The number of likely N-dealkylation sites (tertiary alicyclic amines) is 1. The molecule has 0 saturated carbocycles. The number of hydrogen-bond acceptors (Lipinski definition) is 4. The van der Waals surface area contributed by atoms with E-state index in [-0.39, 0.29) is 10.6 Å². The zero-order chi connectivity index (χ0) is 15.0. The number of rotatable bonds is 4. The highest BCUT2D eigenvalue weighted by molar-refractivity contribution is 9.10. The third-order valence-electron chi connectivity index (χ3n) is 4.86. The summed E-state index contributed by atoms with van der Waals surface area (Å²) in [5.41, 5.74) is 1.27. The van der Waals surface area contributed by atoms with Crippen LogP contribution in [0.2, 0.25) is 0 Å². The predicted molar refractivity (Wildman–Crippen MR) is 85.1 cm³/mol. The van der Waals surface area contributed by atoms with Crippen LogP contribution in [0.1, 0.15) is 18.9 Å². The number of benzene rings is 1. The Bertz CT molecular complexity index is 552. The summed E-state index contributed by atoms with van der Waals surface area (Å²) in [6, 6.07) is 5.70. The molecule has 6 heteroatoms. The highest BCUT2D eigenvalue weighted by Crippen LogP contribution is 2.36. The molecule has 3 rings (SSSR count). The summed E-state index contributed by atoms with van der Waals surface area (Å²) in [7, 11) is 0. The molecule has 2 heterocycles. The van der Waals surface area contributed by atoms with Crippen LogP contribution >= 0.6 is 15.9 Å². The van der Waals surface area contributed by atoms with E-state index in [9.17, 15) is 10.1 Å². The fourth-order valence-electron chi connectivity index (χ4n) is 3.85. The fourth-order valence-corrected chi connectivity index (χ4v) is 4.34. The Morgan fingerprint density at radius 2 is 2.29 bits per heavy atom. The van der Waals surface area contributed by atoms with Crippen LogP contribution < -0.4 is 5.32 Å². The van der Waals surface area contributed by atoms with Crippen molar-refractivity contribution in [2.45, 2.75) is 25.9 Å². The maximum absolute atomic E-state index is 10.8. The van der Waals surface area contributed by atoms with Crippen molar-refractivity contribution < 1.29 is 4.92 Å². The average molecular weight is 354 g/mol. The van der Waals surface area contributed by atoms with Crippen molar-refractivity contribution in [2.75, 3.05) is 19.6 Å². The van der Waals surface area contributed by atoms with E-state index in [1.165, 1.54) is 0 Å². The third-order valence-corrected chi connectivity index (χ3v) is 5.60. The van der Waals surface area contributed by atoms with E-state index in [1.54, 1.807) is 12.1 Å². The highest BCUT2D eigenvalue weighted by atomic mass is 79.9. The van der Waals surface area contributed by atoms with Gasteiger partial charge in [0.2, 0.25) is 0 Å². The van der Waals surface area contributed by atoms with Crippen LogP contribution in [0.25, 0.3) is 0 Å². The minimum absolute atomic E-state index is 0.139. The molecule has 0 spiro atoms. The summed E-state index contributed by atoms with van der Waals surface area (Å²) in [5, 5.41) is 14.3. The first-order valence-electron chi connectivity index (χ1n) is 7.47. The largest absolute Gasteiger partial charge is 0.316 e. The maximum atomic E-state index is 10.8. The zero-order valence-corrected chi connectivity index (χ0v) is 13.7. The van der Waals surface area contributed by atoms with Crippen molar-refractivity contribution in [1.29, 1.82) is 0 Å². The first kappa shape index (κ1) is 14.9. The fraction of sp³-hybridized carbons (Fsp3) is 0.600. The van der Waals surface area contributed by atoms with Gasteiger partial charge in [-0.25, -0.2) is 0 Å². The summed E-state index contributed by atoms with van der Waals surface area (Å²) in [6.45, 7) is 6.49. The quantitative estimate of drug-likeness (QED) is 0.667. The van der Waals surface area contributed by atoms with E-state index >= 15 is 0 Å². The Morgan fingerprint density at radius 1 is 1.48 bits per heavy atom. The number of non-ortho nitro benzene ring substituents is 1. The summed E-state index contributed by atoms with van der Waals surface area (Å²) in [6.07, 6.45) is 1.16. The molecule has 2 aliphatic heterocycles. The van der Waals surface area contributed by atoms with Gasteiger partial charge >= 0.3 is 0 Å². The monoisotopic (exact) mass is 353 g/mol. The molecule has 1 N–H and O–H groups in total. The van der Waals surface area contributed by atoms with E-state index in [0.717, 1.165) is 54.5 Å². The van der Waals surface area contributed by atoms with E-state index in [2.05, 4.69) is 33.1 Å². The number of nitrogens with zero attached hydrogens (tertiary/aromatic N) is 2. The molecule has 2 saturated heterocycles. The second-order valence-corrected chi connectivity index (χ2v) is 6.87. The van der Waals surface area contributed by atoms with Crippen LogP contribution in [0.15, 0.2) is 22.7 Å². The van der Waals surface area contributed by atoms with Gasteiger partial charge in [-0.2, -0.15) is 0 Å². The number of hydrogen-bond donors (Lipinski definition) is 1. The van der Waals surface area contributed by atoms with Gasteiger partial charge in [-0.05, 0) is 43.0 Å². The van der Waals surface area contributed by atoms with Crippen molar-refractivity contribution in [3.63, 3.8) is 0 Å². The SMILES string of the molecule is CCC1C2CNCC2CN1Cc1ccc([N+](=O)[O-])cc1Br. The molecule has 114 valence electrons. The molecule has 2 aliphatic rings. The molecule has 2 fully saturated rings. The molecule has 0 radical (unpaired) electrons. The van der Waals surface area contributed by atoms with Crippen molar-refractivity contribution in [1.82, 2.24) is 10.2 Å². The first-order valence-corrected chi connectivity index (χ1v) is 8.27. The highest BCUT2D eigenvalue weighted by Gasteiger charge is 2.42. The second-order valence-electron chi connectivity index (χ2n) is 6.02. The maximum Gasteiger partial charge on any atom is 0.270 e. The summed E-state index contributed by atoms with van der Waals surface area (Å²) in [4.78, 5) is 13.0. The van der Waals surface area contributed by atoms with E-state index in [1.807, 2.05) is 6.07 Å². The molecule has 3 unspecified atom stereocenters. The molecule has 21 heavy (non-hydrogen) atoms. The van der Waals surface area contributed by atoms with Gasteiger partial charge in [-0.15, -0.1) is 0 Å². The molecule has 0 aromatic heterocycles. The number of nitro benzene ring substituents is 1. The van der Waals surface area contributed by atoms with Gasteiger partial charge < -0.3 is 5.32 Å². The Labute approximate surface area is 133 Å². The Morgan fingerprint density at radius 3 is 2.95 bits per heavy atom. The second kappa shape index (κ2) is 6.02. The molecule has 0 bridgehead atoms. The lowest BCUT2D eigenvalue weighted by molar-refractivity contribution is -0.384. The Hall–Kier alpha value is -0.980. The van der Waals surface area contributed by atoms with Gasteiger partial charge in [0.25, 0.3) is 5.69 Å². The van der Waals surface area contributed by atoms with Crippen molar-refractivity contribution >= 4 is 21.6 Å². The molecular weight excluding hydrogens is 334 g/mol. The van der Waals surface area contributed by atoms with Gasteiger partial charge in [0.05, 0.1) is 4.92 Å². The van der Waals surface area contributed by atoms with Crippen LogP contribution in [0.3, 0.4) is 0 Å². The smallest absolute Gasteiger partial charge is 0.270 e. The third kappa shape index (κ3) is 2.84. The van der Waals surface area contributed by atoms with Crippen molar-refractivity contribution in [2.24, 2.45) is 11.8 Å². The molecule has 1 aromatic rings. The lowest BCUT2D eigenvalue weighted by atomic mass is 9.93. The Kier molecular flexibility index (Phi) is 4.28.